The molecule has 1 heterocycles. The summed E-state index contributed by atoms with van der Waals surface area (Å²) >= 11 is 0. The van der Waals surface area contributed by atoms with Crippen molar-refractivity contribution >= 4 is 27.3 Å². The first-order chi connectivity index (χ1) is 17.3. The normalized spacial score (nSPS) is 11.1. The molecule has 4 aromatic rings. The lowest BCUT2D eigenvalue weighted by Crippen LogP contribution is -2.29. The summed E-state index contributed by atoms with van der Waals surface area (Å²) < 4.78 is 31.3. The van der Waals surface area contributed by atoms with Gasteiger partial charge in [0.15, 0.2) is 0 Å². The molecule has 4 rings (SSSR count). The number of nitrogens with one attached hydrogen (secondary N) is 1. The predicted molar refractivity (Wildman–Crippen MR) is 142 cm³/mol. The lowest BCUT2D eigenvalue weighted by molar-refractivity contribution is 0.102. The van der Waals surface area contributed by atoms with Crippen molar-refractivity contribution in [1.82, 2.24) is 4.98 Å². The summed E-state index contributed by atoms with van der Waals surface area (Å²) in [5.41, 5.74) is 4.78. The van der Waals surface area contributed by atoms with Crippen LogP contribution in [0.25, 0.3) is 0 Å². The van der Waals surface area contributed by atoms with Crippen molar-refractivity contribution in [2.24, 2.45) is 0 Å². The Kier molecular flexibility index (Phi) is 7.65. The van der Waals surface area contributed by atoms with Crippen molar-refractivity contribution in [2.45, 2.75) is 13.0 Å². The quantitative estimate of drug-likeness (QED) is 0.352. The third-order valence-electron chi connectivity index (χ3n) is 5.67. The van der Waals surface area contributed by atoms with Gasteiger partial charge in [-0.25, -0.2) is 8.42 Å². The predicted octanol–water partition coefficient (Wildman–Crippen LogP) is 4.90. The van der Waals surface area contributed by atoms with Crippen molar-refractivity contribution < 1.29 is 17.9 Å². The van der Waals surface area contributed by atoms with Crippen LogP contribution in [0.3, 0.4) is 0 Å². The number of rotatable bonds is 9. The van der Waals surface area contributed by atoms with Crippen LogP contribution in [-0.2, 0) is 23.0 Å². The monoisotopic (exact) mass is 501 g/mol. The van der Waals surface area contributed by atoms with E-state index in [0.29, 0.717) is 22.7 Å². The highest BCUT2D eigenvalue weighted by Gasteiger charge is 2.18. The first-order valence-corrected chi connectivity index (χ1v) is 13.2. The van der Waals surface area contributed by atoms with Crippen LogP contribution in [0.5, 0.6) is 5.75 Å². The molecule has 7 nitrogen and oxygen atoms in total. The van der Waals surface area contributed by atoms with Gasteiger partial charge in [0, 0.05) is 23.6 Å². The average Bonchev–Trinajstić information content (AvgIpc) is 2.89. The molecule has 1 amide bonds. The number of benzene rings is 3. The molecule has 1 N–H and O–H groups in total. The van der Waals surface area contributed by atoms with Gasteiger partial charge in [0.05, 0.1) is 25.6 Å². The summed E-state index contributed by atoms with van der Waals surface area (Å²) in [5, 5.41) is 2.90. The Bertz CT molecular complexity index is 1400. The van der Waals surface area contributed by atoms with E-state index in [-0.39, 0.29) is 12.5 Å². The van der Waals surface area contributed by atoms with Crippen LogP contribution in [0.1, 0.15) is 27.0 Å². The maximum atomic E-state index is 12.7. The number of carbonyl (C=O) groups is 1. The number of nitrogens with zero attached hydrogens (tertiary/aromatic N) is 2. The zero-order valence-corrected chi connectivity index (χ0v) is 20.9. The number of hydrogen-bond donors (Lipinski definition) is 1. The molecule has 0 saturated heterocycles. The number of anilines is 2. The first-order valence-electron chi connectivity index (χ1n) is 11.3. The third kappa shape index (κ3) is 6.49. The number of ether oxygens (including phenoxy) is 1. The van der Waals surface area contributed by atoms with Crippen molar-refractivity contribution in [3.05, 3.63) is 120 Å². The highest BCUT2D eigenvalue weighted by atomic mass is 32.2. The fourth-order valence-electron chi connectivity index (χ4n) is 3.72. The third-order valence-corrected chi connectivity index (χ3v) is 6.81. The molecule has 0 aliphatic carbocycles. The lowest BCUT2D eigenvalue weighted by Gasteiger charge is -2.23. The molecule has 0 atom stereocenters. The van der Waals surface area contributed by atoms with Crippen LogP contribution in [0.2, 0.25) is 0 Å². The zero-order valence-electron chi connectivity index (χ0n) is 20.1. The maximum Gasteiger partial charge on any atom is 0.255 e. The minimum atomic E-state index is -3.52. The van der Waals surface area contributed by atoms with Crippen LogP contribution >= 0.6 is 0 Å². The van der Waals surface area contributed by atoms with E-state index in [1.54, 1.807) is 68.0 Å². The van der Waals surface area contributed by atoms with Gasteiger partial charge < -0.3 is 10.1 Å². The van der Waals surface area contributed by atoms with Gasteiger partial charge in [-0.15, -0.1) is 0 Å². The molecule has 0 aliphatic heterocycles. The van der Waals surface area contributed by atoms with Gasteiger partial charge in [0.25, 0.3) is 5.91 Å². The SMILES string of the molecule is COc1ccc(N(Cc2ccc(C(=O)Nc3ccc(Cc4ccncc4)cc3)cc2)S(C)(=O)=O)cc1. The summed E-state index contributed by atoms with van der Waals surface area (Å²) in [5.74, 6) is 0.407. The maximum absolute atomic E-state index is 12.7. The number of amides is 1. The summed E-state index contributed by atoms with van der Waals surface area (Å²) in [7, 11) is -1.96. The van der Waals surface area contributed by atoms with Gasteiger partial charge in [-0.2, -0.15) is 0 Å². The zero-order chi connectivity index (χ0) is 25.5. The number of aromatic nitrogens is 1. The Morgan fingerprint density at radius 3 is 2.00 bits per heavy atom. The molecule has 184 valence electrons. The number of carbonyl (C=O) groups excluding carboxylic acids is 1. The van der Waals surface area contributed by atoms with Gasteiger partial charge in [-0.3, -0.25) is 14.1 Å². The van der Waals surface area contributed by atoms with Gasteiger partial charge in [-0.1, -0.05) is 24.3 Å². The van der Waals surface area contributed by atoms with Crippen LogP contribution in [0.15, 0.2) is 97.3 Å². The second kappa shape index (κ2) is 11.0. The second-order valence-corrected chi connectivity index (χ2v) is 10.3. The fraction of sp³-hybridized carbons (Fsp3) is 0.143. The summed E-state index contributed by atoms with van der Waals surface area (Å²) in [6, 6.07) is 25.4. The van der Waals surface area contributed by atoms with Crippen LogP contribution in [-0.4, -0.2) is 32.7 Å². The van der Waals surface area contributed by atoms with Crippen molar-refractivity contribution in [3.8, 4) is 5.75 Å². The number of hydrogen-bond acceptors (Lipinski definition) is 5. The van der Waals surface area contributed by atoms with E-state index in [9.17, 15) is 13.2 Å². The van der Waals surface area contributed by atoms with E-state index in [1.807, 2.05) is 36.4 Å². The molecule has 0 unspecified atom stereocenters. The van der Waals surface area contributed by atoms with Crippen molar-refractivity contribution in [1.29, 1.82) is 0 Å². The van der Waals surface area contributed by atoms with E-state index in [0.717, 1.165) is 17.5 Å². The summed E-state index contributed by atoms with van der Waals surface area (Å²) in [6.07, 6.45) is 5.50. The Labute approximate surface area is 211 Å². The van der Waals surface area contributed by atoms with E-state index in [1.165, 1.54) is 16.1 Å². The minimum absolute atomic E-state index is 0.145. The first kappa shape index (κ1) is 24.9. The second-order valence-electron chi connectivity index (χ2n) is 8.35. The van der Waals surface area contributed by atoms with E-state index in [2.05, 4.69) is 10.3 Å². The largest absolute Gasteiger partial charge is 0.497 e. The lowest BCUT2D eigenvalue weighted by atomic mass is 10.1. The summed E-state index contributed by atoms with van der Waals surface area (Å²) in [6.45, 7) is 0.145. The van der Waals surface area contributed by atoms with E-state index >= 15 is 0 Å². The molecule has 0 aliphatic rings. The smallest absolute Gasteiger partial charge is 0.255 e. The summed E-state index contributed by atoms with van der Waals surface area (Å²) in [4.78, 5) is 16.8. The molecule has 36 heavy (non-hydrogen) atoms. The van der Waals surface area contributed by atoms with Crippen LogP contribution in [0.4, 0.5) is 11.4 Å². The van der Waals surface area contributed by atoms with Gasteiger partial charge >= 0.3 is 0 Å². The van der Waals surface area contributed by atoms with Crippen molar-refractivity contribution in [2.75, 3.05) is 23.0 Å². The molecule has 3 aromatic carbocycles. The number of methoxy groups -OCH3 is 1. The molecular formula is C28H27N3O4S. The van der Waals surface area contributed by atoms with Gasteiger partial charge in [0.2, 0.25) is 10.0 Å². The molecule has 8 heteroatoms. The standard InChI is InChI=1S/C28H27N3O4S/c1-35-27-13-11-26(12-14-27)31(36(2,33)34)20-23-3-7-24(8-4-23)28(32)30-25-9-5-21(6-10-25)19-22-15-17-29-18-16-22/h3-18H,19-20H2,1-2H3,(H,30,32). The molecule has 0 radical (unpaired) electrons. The van der Waals surface area contributed by atoms with E-state index in [4.69, 9.17) is 4.74 Å². The minimum Gasteiger partial charge on any atom is -0.497 e. The highest BCUT2D eigenvalue weighted by molar-refractivity contribution is 7.92. The van der Waals surface area contributed by atoms with Gasteiger partial charge in [0.1, 0.15) is 5.75 Å². The molecule has 0 spiro atoms. The Morgan fingerprint density at radius 1 is 0.833 bits per heavy atom. The van der Waals surface area contributed by atoms with E-state index < -0.39 is 10.0 Å². The Balaban J connectivity index is 1.40. The Morgan fingerprint density at radius 2 is 1.42 bits per heavy atom. The fourth-order valence-corrected chi connectivity index (χ4v) is 4.61. The molecule has 1 aromatic heterocycles. The highest BCUT2D eigenvalue weighted by Crippen LogP contribution is 2.24. The van der Waals surface area contributed by atoms with Crippen LogP contribution in [0, 0.1) is 0 Å². The number of sulfonamides is 1. The average molecular weight is 502 g/mol. The van der Waals surface area contributed by atoms with Crippen molar-refractivity contribution in [3.63, 3.8) is 0 Å². The molecule has 0 bridgehead atoms. The molecule has 0 saturated carbocycles. The van der Waals surface area contributed by atoms with Gasteiger partial charge in [-0.05, 0) is 83.8 Å². The van der Waals surface area contributed by atoms with Crippen LogP contribution < -0.4 is 14.4 Å². The molecular weight excluding hydrogens is 474 g/mol. The number of pyridine rings is 1. The topological polar surface area (TPSA) is 88.6 Å². The Hall–Kier alpha value is -4.17. The molecule has 0 fully saturated rings.